The van der Waals surface area contributed by atoms with Crippen molar-refractivity contribution in [1.29, 1.82) is 0 Å². The van der Waals surface area contributed by atoms with Gasteiger partial charge in [-0.05, 0) is 30.0 Å². The van der Waals surface area contributed by atoms with Crippen LogP contribution in [0.15, 0.2) is 24.3 Å². The van der Waals surface area contributed by atoms with E-state index in [1.807, 2.05) is 0 Å². The van der Waals surface area contributed by atoms with Crippen LogP contribution < -0.4 is 4.90 Å². The Morgan fingerprint density at radius 1 is 1.06 bits per heavy atom. The number of rotatable bonds is 6. The van der Waals surface area contributed by atoms with Crippen LogP contribution in [0.4, 0.5) is 5.69 Å². The Balaban J connectivity index is 2.60. The molecule has 1 aromatic carbocycles. The van der Waals surface area contributed by atoms with E-state index in [4.69, 9.17) is 0 Å². The number of benzene rings is 1. The predicted molar refractivity (Wildman–Crippen MR) is 73.2 cm³/mol. The Morgan fingerprint density at radius 3 is 2.12 bits per heavy atom. The third kappa shape index (κ3) is 3.88. The van der Waals surface area contributed by atoms with Crippen molar-refractivity contribution in [2.75, 3.05) is 19.0 Å². The third-order valence-electron chi connectivity index (χ3n) is 3.25. The molecule has 1 heteroatoms. The molecular formula is C15H25N. The van der Waals surface area contributed by atoms with E-state index < -0.39 is 0 Å². The highest BCUT2D eigenvalue weighted by Gasteiger charge is 2.06. The molecule has 0 amide bonds. The van der Waals surface area contributed by atoms with Gasteiger partial charge in [0.2, 0.25) is 0 Å². The van der Waals surface area contributed by atoms with E-state index >= 15 is 0 Å². The summed E-state index contributed by atoms with van der Waals surface area (Å²) in [5, 5.41) is 0. The van der Waals surface area contributed by atoms with E-state index in [1.54, 1.807) is 0 Å². The highest BCUT2D eigenvalue weighted by atomic mass is 15.1. The minimum atomic E-state index is 0.857. The standard InChI is InChI=1S/C15H25N/c1-5-7-13(6-2)12-14-8-10-15(11-9-14)16(3)4/h8-11,13H,5-7,12H2,1-4H3. The summed E-state index contributed by atoms with van der Waals surface area (Å²) in [6, 6.07) is 8.98. The van der Waals surface area contributed by atoms with Gasteiger partial charge in [-0.15, -0.1) is 0 Å². The lowest BCUT2D eigenvalue weighted by molar-refractivity contribution is 0.462. The minimum absolute atomic E-state index is 0.857. The number of nitrogens with zero attached hydrogens (tertiary/aromatic N) is 1. The molecule has 1 nitrogen and oxygen atoms in total. The monoisotopic (exact) mass is 219 g/mol. The van der Waals surface area contributed by atoms with Crippen molar-refractivity contribution in [2.45, 2.75) is 39.5 Å². The van der Waals surface area contributed by atoms with Gasteiger partial charge < -0.3 is 4.90 Å². The first kappa shape index (κ1) is 13.1. The molecule has 0 bridgehead atoms. The Kier molecular flexibility index (Phi) is 5.37. The summed E-state index contributed by atoms with van der Waals surface area (Å²) >= 11 is 0. The molecule has 1 rings (SSSR count). The maximum atomic E-state index is 2.30. The Morgan fingerprint density at radius 2 is 1.69 bits per heavy atom. The average Bonchev–Trinajstić information content (AvgIpc) is 2.29. The maximum absolute atomic E-state index is 2.30. The maximum Gasteiger partial charge on any atom is 0.0361 e. The van der Waals surface area contributed by atoms with E-state index in [9.17, 15) is 0 Å². The van der Waals surface area contributed by atoms with Crippen LogP contribution in [0.2, 0.25) is 0 Å². The molecule has 1 aromatic rings. The lowest BCUT2D eigenvalue weighted by Gasteiger charge is -2.16. The summed E-state index contributed by atoms with van der Waals surface area (Å²) in [5.74, 6) is 0.857. The second-order valence-corrected chi connectivity index (χ2v) is 4.83. The van der Waals surface area contributed by atoms with Gasteiger partial charge in [0.1, 0.15) is 0 Å². The zero-order valence-corrected chi connectivity index (χ0v) is 11.2. The van der Waals surface area contributed by atoms with Crippen molar-refractivity contribution in [3.8, 4) is 0 Å². The van der Waals surface area contributed by atoms with Crippen molar-refractivity contribution in [1.82, 2.24) is 0 Å². The summed E-state index contributed by atoms with van der Waals surface area (Å²) in [4.78, 5) is 2.15. The van der Waals surface area contributed by atoms with Crippen molar-refractivity contribution >= 4 is 5.69 Å². The molecule has 0 aliphatic carbocycles. The first-order chi connectivity index (χ1) is 7.67. The van der Waals surface area contributed by atoms with Gasteiger partial charge in [-0.25, -0.2) is 0 Å². The first-order valence-electron chi connectivity index (χ1n) is 6.43. The van der Waals surface area contributed by atoms with Crippen LogP contribution >= 0.6 is 0 Å². The number of hydrogen-bond donors (Lipinski definition) is 0. The van der Waals surface area contributed by atoms with Crippen molar-refractivity contribution in [2.24, 2.45) is 5.92 Å². The zero-order valence-electron chi connectivity index (χ0n) is 11.2. The summed E-state index contributed by atoms with van der Waals surface area (Å²) in [7, 11) is 4.17. The Hall–Kier alpha value is -0.980. The molecule has 0 aliphatic rings. The predicted octanol–water partition coefficient (Wildman–Crippen LogP) is 4.12. The van der Waals surface area contributed by atoms with E-state index in [1.165, 1.54) is 36.9 Å². The summed E-state index contributed by atoms with van der Waals surface area (Å²) in [5.41, 5.74) is 2.76. The summed E-state index contributed by atoms with van der Waals surface area (Å²) < 4.78 is 0. The molecule has 0 aliphatic heterocycles. The van der Waals surface area contributed by atoms with E-state index in [0.717, 1.165) is 5.92 Å². The Labute approximate surface area is 100 Å². The van der Waals surface area contributed by atoms with Crippen molar-refractivity contribution in [3.05, 3.63) is 29.8 Å². The SMILES string of the molecule is CCCC(CC)Cc1ccc(N(C)C)cc1. The fourth-order valence-electron chi connectivity index (χ4n) is 2.12. The van der Waals surface area contributed by atoms with Gasteiger partial charge in [0, 0.05) is 19.8 Å². The molecular weight excluding hydrogens is 194 g/mol. The molecule has 16 heavy (non-hydrogen) atoms. The smallest absolute Gasteiger partial charge is 0.0361 e. The third-order valence-corrected chi connectivity index (χ3v) is 3.25. The van der Waals surface area contributed by atoms with Crippen molar-refractivity contribution < 1.29 is 0 Å². The van der Waals surface area contributed by atoms with Crippen LogP contribution in [-0.4, -0.2) is 14.1 Å². The second-order valence-electron chi connectivity index (χ2n) is 4.83. The highest BCUT2D eigenvalue weighted by Crippen LogP contribution is 2.19. The summed E-state index contributed by atoms with van der Waals surface area (Å²) in [6.45, 7) is 4.58. The van der Waals surface area contributed by atoms with Gasteiger partial charge in [-0.1, -0.05) is 45.2 Å². The largest absolute Gasteiger partial charge is 0.378 e. The lowest BCUT2D eigenvalue weighted by Crippen LogP contribution is -2.08. The quantitative estimate of drug-likeness (QED) is 0.695. The zero-order chi connectivity index (χ0) is 12.0. The van der Waals surface area contributed by atoms with Crippen LogP contribution in [0.25, 0.3) is 0 Å². The van der Waals surface area contributed by atoms with E-state index in [2.05, 4.69) is 57.1 Å². The molecule has 0 radical (unpaired) electrons. The normalized spacial score (nSPS) is 12.5. The molecule has 1 unspecified atom stereocenters. The molecule has 90 valence electrons. The number of anilines is 1. The van der Waals surface area contributed by atoms with Crippen LogP contribution in [0.3, 0.4) is 0 Å². The first-order valence-corrected chi connectivity index (χ1v) is 6.43. The van der Waals surface area contributed by atoms with Gasteiger partial charge in [-0.3, -0.25) is 0 Å². The molecule has 1 atom stereocenters. The van der Waals surface area contributed by atoms with E-state index in [-0.39, 0.29) is 0 Å². The van der Waals surface area contributed by atoms with Gasteiger partial charge in [0.15, 0.2) is 0 Å². The second kappa shape index (κ2) is 6.57. The topological polar surface area (TPSA) is 3.24 Å². The van der Waals surface area contributed by atoms with Gasteiger partial charge >= 0.3 is 0 Å². The van der Waals surface area contributed by atoms with Crippen LogP contribution in [0.5, 0.6) is 0 Å². The van der Waals surface area contributed by atoms with Gasteiger partial charge in [0.05, 0.1) is 0 Å². The lowest BCUT2D eigenvalue weighted by atomic mass is 9.93. The fourth-order valence-corrected chi connectivity index (χ4v) is 2.12. The summed E-state index contributed by atoms with van der Waals surface area (Å²) in [6.07, 6.45) is 5.18. The van der Waals surface area contributed by atoms with Gasteiger partial charge in [0.25, 0.3) is 0 Å². The molecule has 0 aromatic heterocycles. The van der Waals surface area contributed by atoms with E-state index in [0.29, 0.717) is 0 Å². The van der Waals surface area contributed by atoms with Crippen LogP contribution in [0.1, 0.15) is 38.7 Å². The molecule has 0 fully saturated rings. The van der Waals surface area contributed by atoms with Crippen LogP contribution in [0, 0.1) is 5.92 Å². The highest BCUT2D eigenvalue weighted by molar-refractivity contribution is 5.46. The molecule has 0 heterocycles. The molecule has 0 spiro atoms. The molecule has 0 saturated carbocycles. The minimum Gasteiger partial charge on any atom is -0.378 e. The van der Waals surface area contributed by atoms with Crippen molar-refractivity contribution in [3.63, 3.8) is 0 Å². The number of hydrogen-bond acceptors (Lipinski definition) is 1. The fraction of sp³-hybridized carbons (Fsp3) is 0.600. The molecule has 0 saturated heterocycles. The average molecular weight is 219 g/mol. The molecule has 0 N–H and O–H groups in total. The van der Waals surface area contributed by atoms with Crippen LogP contribution in [-0.2, 0) is 6.42 Å². The Bertz CT molecular complexity index is 287. The van der Waals surface area contributed by atoms with Gasteiger partial charge in [-0.2, -0.15) is 0 Å².